The molecule has 0 bridgehead atoms. The summed E-state index contributed by atoms with van der Waals surface area (Å²) in [6.07, 6.45) is 1.17. The molecule has 0 saturated carbocycles. The Hall–Kier alpha value is -1.66. The van der Waals surface area contributed by atoms with Crippen molar-refractivity contribution in [3.63, 3.8) is 0 Å². The second-order valence-electron chi connectivity index (χ2n) is 4.65. The van der Waals surface area contributed by atoms with Crippen molar-refractivity contribution in [1.29, 1.82) is 0 Å². The molecule has 0 spiro atoms. The number of aryl methyl sites for hydroxylation is 1. The number of nitrogens with one attached hydrogen (secondary N) is 1. The SMILES string of the molecule is C=C(C)CSc1nnc(NC(=O)CCc2ccccc2)s1. The Morgan fingerprint density at radius 3 is 2.81 bits per heavy atom. The third-order valence-electron chi connectivity index (χ3n) is 2.58. The number of carbonyl (C=O) groups excluding carboxylic acids is 1. The Balaban J connectivity index is 1.78. The summed E-state index contributed by atoms with van der Waals surface area (Å²) < 4.78 is 0.844. The molecule has 0 fully saturated rings. The summed E-state index contributed by atoms with van der Waals surface area (Å²) >= 11 is 2.97. The Kier molecular flexibility index (Phi) is 5.95. The van der Waals surface area contributed by atoms with E-state index in [1.165, 1.54) is 11.3 Å². The number of thioether (sulfide) groups is 1. The van der Waals surface area contributed by atoms with Gasteiger partial charge in [0.15, 0.2) is 4.34 Å². The average Bonchev–Trinajstić information content (AvgIpc) is 2.91. The first-order valence-corrected chi connectivity index (χ1v) is 8.38. The third kappa shape index (κ3) is 5.69. The highest BCUT2D eigenvalue weighted by Gasteiger charge is 2.08. The normalized spacial score (nSPS) is 10.3. The van der Waals surface area contributed by atoms with Gasteiger partial charge in [0.05, 0.1) is 0 Å². The van der Waals surface area contributed by atoms with Crippen molar-refractivity contribution < 1.29 is 4.79 Å². The smallest absolute Gasteiger partial charge is 0.226 e. The minimum absolute atomic E-state index is 0.0357. The predicted octanol–water partition coefficient (Wildman–Crippen LogP) is 3.78. The summed E-state index contributed by atoms with van der Waals surface area (Å²) in [6.45, 7) is 5.82. The predicted molar refractivity (Wildman–Crippen MR) is 88.8 cm³/mol. The van der Waals surface area contributed by atoms with Crippen LogP contribution in [-0.4, -0.2) is 21.9 Å². The number of aromatic nitrogens is 2. The van der Waals surface area contributed by atoms with Crippen LogP contribution in [0.2, 0.25) is 0 Å². The second-order valence-corrected chi connectivity index (χ2v) is 6.85. The Morgan fingerprint density at radius 2 is 2.10 bits per heavy atom. The molecule has 0 aliphatic rings. The second kappa shape index (κ2) is 7.95. The van der Waals surface area contributed by atoms with Crippen LogP contribution in [0.4, 0.5) is 5.13 Å². The van der Waals surface area contributed by atoms with Gasteiger partial charge in [0.2, 0.25) is 11.0 Å². The van der Waals surface area contributed by atoms with Gasteiger partial charge in [-0.25, -0.2) is 0 Å². The molecular formula is C15H17N3OS2. The number of anilines is 1. The standard InChI is InChI=1S/C15H17N3OS2/c1-11(2)10-20-15-18-17-14(21-15)16-13(19)9-8-12-6-4-3-5-7-12/h3-7H,1,8-10H2,2H3,(H,16,17,19). The Bertz CT molecular complexity index is 610. The lowest BCUT2D eigenvalue weighted by Gasteiger charge is -2.01. The van der Waals surface area contributed by atoms with E-state index >= 15 is 0 Å². The van der Waals surface area contributed by atoms with E-state index in [0.29, 0.717) is 11.6 Å². The molecule has 1 aromatic heterocycles. The van der Waals surface area contributed by atoms with Crippen molar-refractivity contribution >= 4 is 34.1 Å². The zero-order valence-corrected chi connectivity index (χ0v) is 13.5. The first-order chi connectivity index (χ1) is 10.1. The lowest BCUT2D eigenvalue weighted by Crippen LogP contribution is -2.12. The molecule has 2 rings (SSSR count). The molecule has 2 aromatic rings. The van der Waals surface area contributed by atoms with Crippen LogP contribution in [-0.2, 0) is 11.2 Å². The van der Waals surface area contributed by atoms with Gasteiger partial charge in [-0.2, -0.15) is 0 Å². The van der Waals surface area contributed by atoms with Gasteiger partial charge < -0.3 is 5.32 Å². The maximum Gasteiger partial charge on any atom is 0.226 e. The van der Waals surface area contributed by atoms with Gasteiger partial charge in [0.25, 0.3) is 0 Å². The lowest BCUT2D eigenvalue weighted by molar-refractivity contribution is -0.116. The van der Waals surface area contributed by atoms with Crippen LogP contribution in [0.3, 0.4) is 0 Å². The van der Waals surface area contributed by atoms with E-state index in [0.717, 1.165) is 27.6 Å². The van der Waals surface area contributed by atoms with Crippen LogP contribution in [0, 0.1) is 0 Å². The number of carbonyl (C=O) groups is 1. The molecule has 0 unspecified atom stereocenters. The summed E-state index contributed by atoms with van der Waals surface area (Å²) in [6, 6.07) is 9.95. The molecule has 1 heterocycles. The fraction of sp³-hybridized carbons (Fsp3) is 0.267. The molecule has 110 valence electrons. The molecule has 0 aliphatic heterocycles. The van der Waals surface area contributed by atoms with Crippen molar-refractivity contribution in [1.82, 2.24) is 10.2 Å². The van der Waals surface area contributed by atoms with Gasteiger partial charge in [-0.3, -0.25) is 4.79 Å². The van der Waals surface area contributed by atoms with Crippen LogP contribution in [0.1, 0.15) is 18.9 Å². The third-order valence-corrected chi connectivity index (χ3v) is 4.78. The topological polar surface area (TPSA) is 54.9 Å². The van der Waals surface area contributed by atoms with Crippen molar-refractivity contribution in [3.05, 3.63) is 48.0 Å². The molecule has 1 amide bonds. The molecule has 0 atom stereocenters. The molecule has 0 aliphatic carbocycles. The van der Waals surface area contributed by atoms with Crippen LogP contribution in [0.25, 0.3) is 0 Å². The minimum Gasteiger partial charge on any atom is -0.300 e. The Labute approximate surface area is 132 Å². The van der Waals surface area contributed by atoms with Gasteiger partial charge >= 0.3 is 0 Å². The zero-order valence-electron chi connectivity index (χ0n) is 11.8. The molecular weight excluding hydrogens is 302 g/mol. The van der Waals surface area contributed by atoms with Gasteiger partial charge in [0, 0.05) is 12.2 Å². The molecule has 1 aromatic carbocycles. The number of amides is 1. The zero-order chi connectivity index (χ0) is 15.1. The van der Waals surface area contributed by atoms with Crippen LogP contribution in [0.15, 0.2) is 46.8 Å². The minimum atomic E-state index is -0.0357. The molecule has 0 radical (unpaired) electrons. The molecule has 4 nitrogen and oxygen atoms in total. The van der Waals surface area contributed by atoms with Gasteiger partial charge in [0.1, 0.15) is 0 Å². The highest BCUT2D eigenvalue weighted by Crippen LogP contribution is 2.26. The van der Waals surface area contributed by atoms with E-state index in [1.807, 2.05) is 37.3 Å². The van der Waals surface area contributed by atoms with Crippen molar-refractivity contribution in [3.8, 4) is 0 Å². The fourth-order valence-corrected chi connectivity index (χ4v) is 3.20. The summed E-state index contributed by atoms with van der Waals surface area (Å²) in [5.74, 6) is 0.780. The molecule has 21 heavy (non-hydrogen) atoms. The fourth-order valence-electron chi connectivity index (χ4n) is 1.59. The van der Waals surface area contributed by atoms with E-state index in [9.17, 15) is 4.79 Å². The average molecular weight is 319 g/mol. The van der Waals surface area contributed by atoms with E-state index in [4.69, 9.17) is 0 Å². The van der Waals surface area contributed by atoms with Gasteiger partial charge in [-0.1, -0.05) is 65.6 Å². The van der Waals surface area contributed by atoms with Crippen LogP contribution in [0.5, 0.6) is 0 Å². The van der Waals surface area contributed by atoms with Crippen LogP contribution < -0.4 is 5.32 Å². The van der Waals surface area contributed by atoms with E-state index in [-0.39, 0.29) is 5.91 Å². The number of hydrogen-bond acceptors (Lipinski definition) is 5. The lowest BCUT2D eigenvalue weighted by atomic mass is 10.1. The highest BCUT2D eigenvalue weighted by molar-refractivity contribution is 8.01. The number of hydrogen-bond donors (Lipinski definition) is 1. The highest BCUT2D eigenvalue weighted by atomic mass is 32.2. The van der Waals surface area contributed by atoms with Crippen molar-refractivity contribution in [2.24, 2.45) is 0 Å². The van der Waals surface area contributed by atoms with Crippen LogP contribution >= 0.6 is 23.1 Å². The maximum atomic E-state index is 11.9. The summed E-state index contributed by atoms with van der Waals surface area (Å²) in [5.41, 5.74) is 2.24. The summed E-state index contributed by atoms with van der Waals surface area (Å²) in [4.78, 5) is 11.9. The largest absolute Gasteiger partial charge is 0.300 e. The number of rotatable bonds is 7. The van der Waals surface area contributed by atoms with Gasteiger partial charge in [-0.15, -0.1) is 10.2 Å². The van der Waals surface area contributed by atoms with Crippen molar-refractivity contribution in [2.45, 2.75) is 24.1 Å². The molecule has 6 heteroatoms. The van der Waals surface area contributed by atoms with Crippen molar-refractivity contribution in [2.75, 3.05) is 11.1 Å². The molecule has 0 saturated heterocycles. The van der Waals surface area contributed by atoms with E-state index in [1.54, 1.807) is 11.8 Å². The summed E-state index contributed by atoms with van der Waals surface area (Å²) in [5, 5.41) is 11.4. The molecule has 1 N–H and O–H groups in total. The number of benzene rings is 1. The monoisotopic (exact) mass is 319 g/mol. The quantitative estimate of drug-likeness (QED) is 0.479. The summed E-state index contributed by atoms with van der Waals surface area (Å²) in [7, 11) is 0. The van der Waals surface area contributed by atoms with E-state index in [2.05, 4.69) is 22.1 Å². The first-order valence-electron chi connectivity index (χ1n) is 6.58. The van der Waals surface area contributed by atoms with E-state index < -0.39 is 0 Å². The first kappa shape index (κ1) is 15.7. The van der Waals surface area contributed by atoms with Gasteiger partial charge in [-0.05, 0) is 18.9 Å². The Morgan fingerprint density at radius 1 is 1.33 bits per heavy atom. The number of nitrogens with zero attached hydrogens (tertiary/aromatic N) is 2. The maximum absolute atomic E-state index is 11.9.